The van der Waals surface area contributed by atoms with E-state index in [9.17, 15) is 18.0 Å². The Morgan fingerprint density at radius 2 is 1.79 bits per heavy atom. The molecule has 0 unspecified atom stereocenters. The lowest BCUT2D eigenvalue weighted by Gasteiger charge is -2.21. The Morgan fingerprint density at radius 1 is 1.07 bits per heavy atom. The second-order valence-electron chi connectivity index (χ2n) is 6.00. The molecule has 0 bridgehead atoms. The van der Waals surface area contributed by atoms with Crippen LogP contribution >= 0.6 is 0 Å². The first-order chi connectivity index (χ1) is 13.3. The number of amides is 2. The molecule has 2 aromatic carbocycles. The predicted molar refractivity (Wildman–Crippen MR) is 107 cm³/mol. The van der Waals surface area contributed by atoms with Crippen LogP contribution in [0.2, 0.25) is 0 Å². The van der Waals surface area contributed by atoms with Crippen LogP contribution in [0.5, 0.6) is 5.75 Å². The van der Waals surface area contributed by atoms with E-state index in [0.717, 1.165) is 0 Å². The highest BCUT2D eigenvalue weighted by Gasteiger charge is 2.24. The first-order valence-electron chi connectivity index (χ1n) is 8.87. The lowest BCUT2D eigenvalue weighted by atomic mass is 10.2. The summed E-state index contributed by atoms with van der Waals surface area (Å²) in [5, 5.41) is 2.71. The zero-order chi connectivity index (χ0) is 20.7. The van der Waals surface area contributed by atoms with Crippen molar-refractivity contribution in [1.29, 1.82) is 0 Å². The van der Waals surface area contributed by atoms with Gasteiger partial charge in [-0.25, -0.2) is 8.42 Å². The van der Waals surface area contributed by atoms with Crippen molar-refractivity contribution in [3.05, 3.63) is 54.1 Å². The molecular formula is C20H24N2O5S. The fourth-order valence-electron chi connectivity index (χ4n) is 2.64. The van der Waals surface area contributed by atoms with Gasteiger partial charge in [-0.3, -0.25) is 9.59 Å². The van der Waals surface area contributed by atoms with Crippen molar-refractivity contribution in [2.45, 2.75) is 18.7 Å². The highest BCUT2D eigenvalue weighted by molar-refractivity contribution is 7.91. The van der Waals surface area contributed by atoms with Crippen molar-refractivity contribution in [3.8, 4) is 5.75 Å². The maximum absolute atomic E-state index is 12.9. The summed E-state index contributed by atoms with van der Waals surface area (Å²) in [5.41, 5.74) is 0.613. The van der Waals surface area contributed by atoms with Crippen LogP contribution in [0.25, 0.3) is 0 Å². The molecule has 28 heavy (non-hydrogen) atoms. The van der Waals surface area contributed by atoms with Crippen molar-refractivity contribution in [2.24, 2.45) is 0 Å². The molecule has 2 aromatic rings. The Labute approximate surface area is 165 Å². The number of benzene rings is 2. The molecule has 0 atom stereocenters. The molecule has 0 radical (unpaired) electrons. The van der Waals surface area contributed by atoms with E-state index in [-0.39, 0.29) is 35.2 Å². The Bertz CT molecular complexity index is 957. The monoisotopic (exact) mass is 404 g/mol. The number of hydrogen-bond acceptors (Lipinski definition) is 5. The minimum atomic E-state index is -3.56. The van der Waals surface area contributed by atoms with E-state index < -0.39 is 15.7 Å². The SMILES string of the molecule is CCN(CC(=O)Nc1cccc(OC)c1)C(=O)c1ccccc1S(=O)(=O)CC. The van der Waals surface area contributed by atoms with Crippen LogP contribution < -0.4 is 10.1 Å². The molecule has 8 heteroatoms. The van der Waals surface area contributed by atoms with Crippen molar-refractivity contribution >= 4 is 27.3 Å². The fourth-order valence-corrected chi connectivity index (χ4v) is 3.73. The summed E-state index contributed by atoms with van der Waals surface area (Å²) < 4.78 is 29.7. The highest BCUT2D eigenvalue weighted by atomic mass is 32.2. The molecule has 0 aliphatic heterocycles. The van der Waals surface area contributed by atoms with Crippen molar-refractivity contribution < 1.29 is 22.7 Å². The van der Waals surface area contributed by atoms with Gasteiger partial charge in [0.05, 0.1) is 23.3 Å². The standard InChI is InChI=1S/C20H24N2O5S/c1-4-22(14-19(23)21-15-9-8-10-16(13-15)27-3)20(24)17-11-6-7-12-18(17)28(25,26)5-2/h6-13H,4-5,14H2,1-3H3,(H,21,23). The third kappa shape index (κ3) is 5.10. The van der Waals surface area contributed by atoms with E-state index >= 15 is 0 Å². The smallest absolute Gasteiger partial charge is 0.255 e. The van der Waals surface area contributed by atoms with Gasteiger partial charge in [-0.15, -0.1) is 0 Å². The minimum Gasteiger partial charge on any atom is -0.497 e. The normalized spacial score (nSPS) is 11.0. The molecule has 0 saturated heterocycles. The topological polar surface area (TPSA) is 92.8 Å². The Morgan fingerprint density at radius 3 is 2.43 bits per heavy atom. The molecular weight excluding hydrogens is 380 g/mol. The number of anilines is 1. The average molecular weight is 404 g/mol. The summed E-state index contributed by atoms with van der Waals surface area (Å²) in [6.07, 6.45) is 0. The summed E-state index contributed by atoms with van der Waals surface area (Å²) >= 11 is 0. The molecule has 2 rings (SSSR count). The van der Waals surface area contributed by atoms with E-state index in [1.54, 1.807) is 43.3 Å². The molecule has 0 spiro atoms. The van der Waals surface area contributed by atoms with E-state index in [1.807, 2.05) is 0 Å². The van der Waals surface area contributed by atoms with Gasteiger partial charge in [-0.1, -0.05) is 25.1 Å². The zero-order valence-corrected chi connectivity index (χ0v) is 17.0. The maximum Gasteiger partial charge on any atom is 0.255 e. The highest BCUT2D eigenvalue weighted by Crippen LogP contribution is 2.20. The van der Waals surface area contributed by atoms with Crippen LogP contribution in [0.1, 0.15) is 24.2 Å². The van der Waals surface area contributed by atoms with Gasteiger partial charge < -0.3 is 15.0 Å². The Kier molecular flexibility index (Phi) is 7.17. The molecule has 0 aliphatic carbocycles. The molecule has 2 amide bonds. The Hall–Kier alpha value is -2.87. The predicted octanol–water partition coefficient (Wildman–Crippen LogP) is 2.59. The van der Waals surface area contributed by atoms with Crippen LogP contribution in [0, 0.1) is 0 Å². The molecule has 0 heterocycles. The average Bonchev–Trinajstić information content (AvgIpc) is 2.71. The molecule has 150 valence electrons. The summed E-state index contributed by atoms with van der Waals surface area (Å²) in [7, 11) is -2.03. The number of carbonyl (C=O) groups is 2. The van der Waals surface area contributed by atoms with Crippen molar-refractivity contribution in [3.63, 3.8) is 0 Å². The third-order valence-electron chi connectivity index (χ3n) is 4.19. The van der Waals surface area contributed by atoms with Crippen LogP contribution in [0.15, 0.2) is 53.4 Å². The van der Waals surface area contributed by atoms with Crippen LogP contribution in [-0.4, -0.2) is 51.1 Å². The molecule has 7 nitrogen and oxygen atoms in total. The number of likely N-dealkylation sites (N-methyl/N-ethyl adjacent to an activating group) is 1. The Balaban J connectivity index is 2.19. The van der Waals surface area contributed by atoms with Gasteiger partial charge in [0.25, 0.3) is 5.91 Å². The first kappa shape index (κ1) is 21.4. The number of carbonyl (C=O) groups excluding carboxylic acids is 2. The van der Waals surface area contributed by atoms with Gasteiger partial charge in [0.15, 0.2) is 9.84 Å². The van der Waals surface area contributed by atoms with Gasteiger partial charge in [0, 0.05) is 18.3 Å². The summed E-state index contributed by atoms with van der Waals surface area (Å²) in [6, 6.07) is 12.9. The molecule has 1 N–H and O–H groups in total. The number of nitrogens with one attached hydrogen (secondary N) is 1. The largest absolute Gasteiger partial charge is 0.497 e. The van der Waals surface area contributed by atoms with Crippen LogP contribution in [0.4, 0.5) is 5.69 Å². The van der Waals surface area contributed by atoms with Gasteiger partial charge in [0.2, 0.25) is 5.91 Å². The molecule has 0 fully saturated rings. The van der Waals surface area contributed by atoms with E-state index in [4.69, 9.17) is 4.74 Å². The second kappa shape index (κ2) is 9.36. The van der Waals surface area contributed by atoms with Crippen LogP contribution in [-0.2, 0) is 14.6 Å². The van der Waals surface area contributed by atoms with Gasteiger partial charge >= 0.3 is 0 Å². The van der Waals surface area contributed by atoms with Gasteiger partial charge in [-0.05, 0) is 31.2 Å². The van der Waals surface area contributed by atoms with Gasteiger partial charge in [0.1, 0.15) is 12.3 Å². The number of rotatable bonds is 8. The second-order valence-corrected chi connectivity index (χ2v) is 8.25. The van der Waals surface area contributed by atoms with Crippen LogP contribution in [0.3, 0.4) is 0 Å². The summed E-state index contributed by atoms with van der Waals surface area (Å²) in [5.74, 6) is -0.408. The van der Waals surface area contributed by atoms with Gasteiger partial charge in [-0.2, -0.15) is 0 Å². The third-order valence-corrected chi connectivity index (χ3v) is 5.98. The number of methoxy groups -OCH3 is 1. The zero-order valence-electron chi connectivity index (χ0n) is 16.1. The number of sulfone groups is 1. The number of hydrogen-bond donors (Lipinski definition) is 1. The van der Waals surface area contributed by atoms with E-state index in [1.165, 1.54) is 31.1 Å². The summed E-state index contributed by atoms with van der Waals surface area (Å²) in [4.78, 5) is 26.6. The molecule has 0 saturated carbocycles. The van der Waals surface area contributed by atoms with Crippen molar-refractivity contribution in [2.75, 3.05) is 31.3 Å². The lowest BCUT2D eigenvalue weighted by molar-refractivity contribution is -0.116. The molecule has 0 aromatic heterocycles. The van der Waals surface area contributed by atoms with Crippen molar-refractivity contribution in [1.82, 2.24) is 4.90 Å². The number of nitrogens with zero attached hydrogens (tertiary/aromatic N) is 1. The van der Waals surface area contributed by atoms with E-state index in [0.29, 0.717) is 11.4 Å². The first-order valence-corrected chi connectivity index (χ1v) is 10.5. The minimum absolute atomic E-state index is 0.0193. The molecule has 0 aliphatic rings. The van der Waals surface area contributed by atoms with E-state index in [2.05, 4.69) is 5.32 Å². The lowest BCUT2D eigenvalue weighted by Crippen LogP contribution is -2.38. The number of ether oxygens (including phenoxy) is 1. The maximum atomic E-state index is 12.9. The fraction of sp³-hybridized carbons (Fsp3) is 0.300. The quantitative estimate of drug-likeness (QED) is 0.730. The summed E-state index contributed by atoms with van der Waals surface area (Å²) in [6.45, 7) is 3.31.